The van der Waals surface area contributed by atoms with E-state index in [1.165, 1.54) is 11.3 Å². The Hall–Kier alpha value is -2.07. The number of benzene rings is 1. The van der Waals surface area contributed by atoms with E-state index in [1.54, 1.807) is 21.8 Å². The maximum atomic E-state index is 12.6. The lowest BCUT2D eigenvalue weighted by Gasteiger charge is -2.32. The van der Waals surface area contributed by atoms with Gasteiger partial charge in [0.15, 0.2) is 0 Å². The van der Waals surface area contributed by atoms with Gasteiger partial charge in [-0.25, -0.2) is 8.42 Å². The maximum Gasteiger partial charge on any atom is 0.252 e. The van der Waals surface area contributed by atoms with Gasteiger partial charge in [0.2, 0.25) is 11.8 Å². The Morgan fingerprint density at radius 1 is 1.11 bits per heavy atom. The van der Waals surface area contributed by atoms with E-state index in [0.29, 0.717) is 48.7 Å². The highest BCUT2D eigenvalue weighted by Gasteiger charge is 2.29. The number of nitrogens with zero attached hydrogens (tertiary/aromatic N) is 4. The molecule has 0 bridgehead atoms. The van der Waals surface area contributed by atoms with Gasteiger partial charge in [-0.1, -0.05) is 23.8 Å². The van der Waals surface area contributed by atoms with E-state index in [9.17, 15) is 8.42 Å². The highest BCUT2D eigenvalue weighted by molar-refractivity contribution is 7.91. The summed E-state index contributed by atoms with van der Waals surface area (Å²) >= 11 is 1.25. The van der Waals surface area contributed by atoms with Crippen molar-refractivity contribution < 1.29 is 12.8 Å². The Labute approximate surface area is 162 Å². The van der Waals surface area contributed by atoms with Gasteiger partial charge in [-0.2, -0.15) is 4.31 Å². The molecule has 0 unspecified atom stereocenters. The minimum absolute atomic E-state index is 0.399. The fourth-order valence-corrected chi connectivity index (χ4v) is 5.64. The number of hydrogen-bond acceptors (Lipinski definition) is 7. The first-order chi connectivity index (χ1) is 13.0. The quantitative estimate of drug-likeness (QED) is 0.650. The summed E-state index contributed by atoms with van der Waals surface area (Å²) in [5, 5.41) is 10.1. The normalized spacial score (nSPS) is 16.6. The fraction of sp³-hybridized carbons (Fsp3) is 0.333. The van der Waals surface area contributed by atoms with Crippen LogP contribution in [0.2, 0.25) is 0 Å². The molecule has 0 saturated carbocycles. The molecule has 0 radical (unpaired) electrons. The Balaban J connectivity index is 1.37. The van der Waals surface area contributed by atoms with Gasteiger partial charge in [-0.15, -0.1) is 21.5 Å². The molecule has 1 saturated heterocycles. The van der Waals surface area contributed by atoms with Crippen LogP contribution in [-0.4, -0.2) is 54.0 Å². The van der Waals surface area contributed by atoms with Crippen molar-refractivity contribution >= 4 is 21.4 Å². The van der Waals surface area contributed by atoms with Crippen LogP contribution in [0.4, 0.5) is 0 Å². The molecule has 4 rings (SSSR count). The van der Waals surface area contributed by atoms with Crippen LogP contribution in [0.3, 0.4) is 0 Å². The van der Waals surface area contributed by atoms with Gasteiger partial charge in [0.1, 0.15) is 4.21 Å². The molecular formula is C18H20N4O3S2. The summed E-state index contributed by atoms with van der Waals surface area (Å²) in [6.45, 7) is 4.72. The highest BCUT2D eigenvalue weighted by atomic mass is 32.2. The molecule has 3 aromatic rings. The molecule has 1 fully saturated rings. The zero-order chi connectivity index (χ0) is 18.9. The second-order valence-electron chi connectivity index (χ2n) is 6.48. The number of thiophene rings is 1. The molecule has 7 nitrogen and oxygen atoms in total. The van der Waals surface area contributed by atoms with Crippen molar-refractivity contribution in [3.05, 3.63) is 53.2 Å². The fourth-order valence-electron chi connectivity index (χ4n) is 3.07. The van der Waals surface area contributed by atoms with Crippen molar-refractivity contribution in [3.8, 4) is 11.5 Å². The largest absolute Gasteiger partial charge is 0.419 e. The Bertz CT molecular complexity index is 1010. The lowest BCUT2D eigenvalue weighted by atomic mass is 10.1. The van der Waals surface area contributed by atoms with Gasteiger partial charge in [-0.05, 0) is 30.5 Å². The van der Waals surface area contributed by atoms with Crippen LogP contribution in [0.1, 0.15) is 11.5 Å². The van der Waals surface area contributed by atoms with Crippen molar-refractivity contribution in [2.45, 2.75) is 17.7 Å². The van der Waals surface area contributed by atoms with Gasteiger partial charge in [-0.3, -0.25) is 4.90 Å². The van der Waals surface area contributed by atoms with Crippen LogP contribution < -0.4 is 0 Å². The molecule has 27 heavy (non-hydrogen) atoms. The summed E-state index contributed by atoms with van der Waals surface area (Å²) in [5.41, 5.74) is 2.04. The van der Waals surface area contributed by atoms with Crippen molar-refractivity contribution in [1.82, 2.24) is 19.4 Å². The Kier molecular flexibility index (Phi) is 5.09. The molecular weight excluding hydrogens is 384 g/mol. The summed E-state index contributed by atoms with van der Waals surface area (Å²) in [4.78, 5) is 2.13. The smallest absolute Gasteiger partial charge is 0.252 e. The SMILES string of the molecule is Cc1cccc(-c2nnc(CN3CCN(S(=O)(=O)c4cccs4)CC3)o2)c1. The van der Waals surface area contributed by atoms with Crippen molar-refractivity contribution in [3.63, 3.8) is 0 Å². The lowest BCUT2D eigenvalue weighted by Crippen LogP contribution is -2.48. The summed E-state index contributed by atoms with van der Waals surface area (Å²) in [7, 11) is -3.38. The number of piperazine rings is 1. The molecule has 0 N–H and O–H groups in total. The molecule has 0 aliphatic carbocycles. The zero-order valence-corrected chi connectivity index (χ0v) is 16.5. The van der Waals surface area contributed by atoms with Crippen molar-refractivity contribution in [2.75, 3.05) is 26.2 Å². The number of aromatic nitrogens is 2. The Morgan fingerprint density at radius 3 is 2.63 bits per heavy atom. The molecule has 1 aromatic carbocycles. The standard InChI is InChI=1S/C18H20N4O3S2/c1-14-4-2-5-15(12-14)18-20-19-16(25-18)13-21-7-9-22(10-8-21)27(23,24)17-6-3-11-26-17/h2-6,11-12H,7-10,13H2,1H3. The van der Waals surface area contributed by atoms with E-state index >= 15 is 0 Å². The minimum Gasteiger partial charge on any atom is -0.419 e. The number of rotatable bonds is 5. The second-order valence-corrected chi connectivity index (χ2v) is 9.60. The summed E-state index contributed by atoms with van der Waals surface area (Å²) in [6.07, 6.45) is 0. The number of sulfonamides is 1. The first kappa shape index (κ1) is 18.3. The zero-order valence-electron chi connectivity index (χ0n) is 14.9. The lowest BCUT2D eigenvalue weighted by molar-refractivity contribution is 0.169. The van der Waals surface area contributed by atoms with Crippen LogP contribution >= 0.6 is 11.3 Å². The average Bonchev–Trinajstić information content (AvgIpc) is 3.35. The van der Waals surface area contributed by atoms with E-state index in [2.05, 4.69) is 15.1 Å². The van der Waals surface area contributed by atoms with Crippen LogP contribution in [0.15, 0.2) is 50.4 Å². The van der Waals surface area contributed by atoms with Gasteiger partial charge in [0, 0.05) is 31.7 Å². The van der Waals surface area contributed by atoms with E-state index in [-0.39, 0.29) is 0 Å². The van der Waals surface area contributed by atoms with Gasteiger partial charge < -0.3 is 4.42 Å². The number of aryl methyl sites for hydroxylation is 1. The van der Waals surface area contributed by atoms with E-state index < -0.39 is 10.0 Å². The van der Waals surface area contributed by atoms with E-state index in [1.807, 2.05) is 31.2 Å². The molecule has 142 valence electrons. The van der Waals surface area contributed by atoms with Gasteiger partial charge in [0.25, 0.3) is 10.0 Å². The third kappa shape index (κ3) is 3.96. The average molecular weight is 405 g/mol. The minimum atomic E-state index is -3.38. The molecule has 0 spiro atoms. The van der Waals surface area contributed by atoms with Crippen LogP contribution in [0.25, 0.3) is 11.5 Å². The van der Waals surface area contributed by atoms with Gasteiger partial charge >= 0.3 is 0 Å². The van der Waals surface area contributed by atoms with E-state index in [4.69, 9.17) is 4.42 Å². The molecule has 3 heterocycles. The maximum absolute atomic E-state index is 12.6. The predicted octanol–water partition coefficient (Wildman–Crippen LogP) is 2.61. The third-order valence-corrected chi connectivity index (χ3v) is 7.78. The van der Waals surface area contributed by atoms with E-state index in [0.717, 1.165) is 11.1 Å². The highest BCUT2D eigenvalue weighted by Crippen LogP contribution is 2.23. The van der Waals surface area contributed by atoms with Crippen molar-refractivity contribution in [2.24, 2.45) is 0 Å². The first-order valence-electron chi connectivity index (χ1n) is 8.68. The summed E-state index contributed by atoms with van der Waals surface area (Å²) in [5.74, 6) is 1.05. The molecule has 2 aromatic heterocycles. The first-order valence-corrected chi connectivity index (χ1v) is 11.0. The Morgan fingerprint density at radius 2 is 1.93 bits per heavy atom. The van der Waals surface area contributed by atoms with Crippen LogP contribution in [0, 0.1) is 6.92 Å². The topological polar surface area (TPSA) is 79.5 Å². The molecule has 9 heteroatoms. The monoisotopic (exact) mass is 404 g/mol. The molecule has 1 aliphatic rings. The summed E-state index contributed by atoms with van der Waals surface area (Å²) < 4.78 is 32.9. The predicted molar refractivity (Wildman–Crippen MR) is 103 cm³/mol. The van der Waals surface area contributed by atoms with Crippen molar-refractivity contribution in [1.29, 1.82) is 0 Å². The van der Waals surface area contributed by atoms with Gasteiger partial charge in [0.05, 0.1) is 6.54 Å². The molecule has 0 atom stereocenters. The second kappa shape index (κ2) is 7.51. The number of hydrogen-bond donors (Lipinski definition) is 0. The third-order valence-electron chi connectivity index (χ3n) is 4.51. The van der Waals surface area contributed by atoms with Crippen LogP contribution in [0.5, 0.6) is 0 Å². The summed E-state index contributed by atoms with van der Waals surface area (Å²) in [6, 6.07) is 11.3. The molecule has 0 amide bonds. The van der Waals surface area contributed by atoms with Crippen LogP contribution in [-0.2, 0) is 16.6 Å². The molecule has 1 aliphatic heterocycles.